The second kappa shape index (κ2) is 3.68. The van der Waals surface area contributed by atoms with E-state index in [4.69, 9.17) is 5.11 Å². The van der Waals surface area contributed by atoms with E-state index >= 15 is 0 Å². The lowest BCUT2D eigenvalue weighted by Gasteiger charge is -2.29. The summed E-state index contributed by atoms with van der Waals surface area (Å²) in [6, 6.07) is 2.10. The van der Waals surface area contributed by atoms with Crippen molar-refractivity contribution in [3.63, 3.8) is 0 Å². The summed E-state index contributed by atoms with van der Waals surface area (Å²) >= 11 is 0. The highest BCUT2D eigenvalue weighted by molar-refractivity contribution is 5.74. The minimum Gasteiger partial charge on any atom is -0.504 e. The van der Waals surface area contributed by atoms with Crippen LogP contribution in [0.2, 0.25) is 0 Å². The number of rotatable bonds is 1. The van der Waals surface area contributed by atoms with E-state index in [1.165, 1.54) is 12.1 Å². The monoisotopic (exact) mass is 223 g/mol. The topological polar surface area (TPSA) is 89.8 Å². The highest BCUT2D eigenvalue weighted by Gasteiger charge is 2.28. The Labute approximate surface area is 92.3 Å². The van der Waals surface area contributed by atoms with Gasteiger partial charge in [-0.2, -0.15) is 0 Å². The van der Waals surface area contributed by atoms with Crippen LogP contribution in [0, 0.1) is 0 Å². The lowest BCUT2D eigenvalue weighted by atomic mass is 9.90. The third kappa shape index (κ3) is 1.69. The van der Waals surface area contributed by atoms with Gasteiger partial charge in [0, 0.05) is 6.04 Å². The molecule has 0 saturated carbocycles. The second-order valence-electron chi connectivity index (χ2n) is 4.02. The number of benzene rings is 1. The van der Waals surface area contributed by atoms with E-state index in [0.717, 1.165) is 11.1 Å². The first-order valence-corrected chi connectivity index (χ1v) is 5.02. The first-order valence-electron chi connectivity index (χ1n) is 5.02. The molecule has 0 unspecified atom stereocenters. The molecule has 0 amide bonds. The summed E-state index contributed by atoms with van der Waals surface area (Å²) in [6.45, 7) is 1.82. The van der Waals surface area contributed by atoms with Gasteiger partial charge in [0.2, 0.25) is 0 Å². The zero-order valence-corrected chi connectivity index (χ0v) is 8.77. The van der Waals surface area contributed by atoms with Crippen LogP contribution < -0.4 is 5.32 Å². The summed E-state index contributed by atoms with van der Waals surface area (Å²) in [4.78, 5) is 10.9. The van der Waals surface area contributed by atoms with E-state index in [2.05, 4.69) is 5.32 Å². The lowest BCUT2D eigenvalue weighted by molar-refractivity contribution is -0.139. The molecule has 5 nitrogen and oxygen atoms in total. The van der Waals surface area contributed by atoms with E-state index in [-0.39, 0.29) is 17.5 Å². The summed E-state index contributed by atoms with van der Waals surface area (Å²) in [5, 5.41) is 30.6. The maximum Gasteiger partial charge on any atom is 0.321 e. The van der Waals surface area contributed by atoms with Crippen molar-refractivity contribution in [2.24, 2.45) is 0 Å². The Balaban J connectivity index is 2.42. The Bertz CT molecular complexity index is 444. The Morgan fingerprint density at radius 3 is 2.62 bits per heavy atom. The van der Waals surface area contributed by atoms with Gasteiger partial charge >= 0.3 is 5.97 Å². The molecule has 86 valence electrons. The molecule has 0 fully saturated rings. The van der Waals surface area contributed by atoms with Crippen LogP contribution >= 0.6 is 0 Å². The first-order chi connectivity index (χ1) is 7.49. The molecule has 0 aliphatic carbocycles. The van der Waals surface area contributed by atoms with Gasteiger partial charge in [-0.25, -0.2) is 0 Å². The highest BCUT2D eigenvalue weighted by atomic mass is 16.4. The third-order valence-corrected chi connectivity index (χ3v) is 2.88. The molecule has 1 aliphatic rings. The zero-order valence-electron chi connectivity index (χ0n) is 8.77. The minimum atomic E-state index is -0.912. The molecule has 0 spiro atoms. The summed E-state index contributed by atoms with van der Waals surface area (Å²) < 4.78 is 0. The third-order valence-electron chi connectivity index (χ3n) is 2.88. The number of carbonyl (C=O) groups is 1. The molecule has 0 saturated heterocycles. The maximum absolute atomic E-state index is 10.9. The molecule has 1 aliphatic heterocycles. The van der Waals surface area contributed by atoms with Crippen molar-refractivity contribution in [1.29, 1.82) is 0 Å². The Morgan fingerprint density at radius 2 is 2.00 bits per heavy atom. The number of carboxylic acids is 1. The van der Waals surface area contributed by atoms with Crippen molar-refractivity contribution in [2.45, 2.75) is 25.4 Å². The highest BCUT2D eigenvalue weighted by Crippen LogP contribution is 2.34. The van der Waals surface area contributed by atoms with Crippen molar-refractivity contribution in [3.05, 3.63) is 23.3 Å². The molecule has 1 heterocycles. The van der Waals surface area contributed by atoms with Crippen molar-refractivity contribution >= 4 is 5.97 Å². The van der Waals surface area contributed by atoms with Gasteiger partial charge in [0.25, 0.3) is 0 Å². The Hall–Kier alpha value is -1.75. The molecule has 16 heavy (non-hydrogen) atoms. The van der Waals surface area contributed by atoms with Crippen molar-refractivity contribution in [3.8, 4) is 11.5 Å². The number of fused-ring (bicyclic) bond motifs is 1. The fraction of sp³-hybridized carbons (Fsp3) is 0.364. The molecule has 0 bridgehead atoms. The molecule has 0 aromatic heterocycles. The molecule has 0 radical (unpaired) electrons. The second-order valence-corrected chi connectivity index (χ2v) is 4.02. The van der Waals surface area contributed by atoms with Gasteiger partial charge in [-0.3, -0.25) is 10.1 Å². The number of aromatic hydroxyl groups is 2. The van der Waals surface area contributed by atoms with Gasteiger partial charge in [-0.1, -0.05) is 0 Å². The van der Waals surface area contributed by atoms with Crippen LogP contribution in [0.15, 0.2) is 12.1 Å². The molecule has 2 atom stereocenters. The molecular weight excluding hydrogens is 210 g/mol. The Kier molecular flexibility index (Phi) is 2.47. The first kappa shape index (κ1) is 10.8. The molecule has 1 aromatic carbocycles. The van der Waals surface area contributed by atoms with Gasteiger partial charge < -0.3 is 15.3 Å². The SMILES string of the molecule is C[C@H]1N[C@H](C(=O)O)Cc2cc(O)c(O)cc21. The van der Waals surface area contributed by atoms with E-state index < -0.39 is 12.0 Å². The van der Waals surface area contributed by atoms with Gasteiger partial charge in [0.05, 0.1) is 0 Å². The van der Waals surface area contributed by atoms with Gasteiger partial charge in [-0.05, 0) is 36.6 Å². The number of phenols is 2. The largest absolute Gasteiger partial charge is 0.504 e. The van der Waals surface area contributed by atoms with Crippen LogP contribution in [0.5, 0.6) is 11.5 Å². The predicted octanol–water partition coefficient (Wildman–Crippen LogP) is 0.758. The number of hydrogen-bond donors (Lipinski definition) is 4. The van der Waals surface area contributed by atoms with Crippen LogP contribution in [-0.2, 0) is 11.2 Å². The average Bonchev–Trinajstić information content (AvgIpc) is 2.20. The standard InChI is InChI=1S/C11H13NO4/c1-5-7-4-10(14)9(13)3-6(7)2-8(12-5)11(15)16/h3-5,8,12-14H,2H2,1H3,(H,15,16)/t5-,8+/m1/s1. The van der Waals surface area contributed by atoms with Crippen molar-refractivity contribution in [1.82, 2.24) is 5.32 Å². The molecular formula is C11H13NO4. The predicted molar refractivity (Wildman–Crippen MR) is 56.5 cm³/mol. The number of phenolic OH excluding ortho intramolecular Hbond substituents is 2. The fourth-order valence-electron chi connectivity index (χ4n) is 2.05. The molecule has 4 N–H and O–H groups in total. The minimum absolute atomic E-state index is 0.156. The summed E-state index contributed by atoms with van der Waals surface area (Å²) in [7, 11) is 0. The number of aliphatic carboxylic acids is 1. The zero-order chi connectivity index (χ0) is 11.9. The summed E-state index contributed by atoms with van der Waals surface area (Å²) in [6.07, 6.45) is 0.308. The van der Waals surface area contributed by atoms with E-state index in [1.807, 2.05) is 6.92 Å². The van der Waals surface area contributed by atoms with E-state index in [1.54, 1.807) is 0 Å². The normalized spacial score (nSPS) is 23.8. The Morgan fingerprint density at radius 1 is 1.38 bits per heavy atom. The summed E-state index contributed by atoms with van der Waals surface area (Å²) in [5.74, 6) is -1.30. The van der Waals surface area contributed by atoms with Gasteiger partial charge in [-0.15, -0.1) is 0 Å². The molecule has 2 rings (SSSR count). The molecule has 1 aromatic rings. The van der Waals surface area contributed by atoms with Crippen LogP contribution in [-0.4, -0.2) is 27.3 Å². The number of nitrogens with one attached hydrogen (secondary N) is 1. The van der Waals surface area contributed by atoms with Crippen LogP contribution in [0.25, 0.3) is 0 Å². The smallest absolute Gasteiger partial charge is 0.321 e. The average molecular weight is 223 g/mol. The fourth-order valence-corrected chi connectivity index (χ4v) is 2.05. The van der Waals surface area contributed by atoms with E-state index in [9.17, 15) is 15.0 Å². The van der Waals surface area contributed by atoms with Crippen LogP contribution in [0.4, 0.5) is 0 Å². The number of carboxylic acid groups (broad SMARTS) is 1. The van der Waals surface area contributed by atoms with Gasteiger partial charge in [0.15, 0.2) is 11.5 Å². The maximum atomic E-state index is 10.9. The number of hydrogen-bond acceptors (Lipinski definition) is 4. The van der Waals surface area contributed by atoms with Crippen molar-refractivity contribution < 1.29 is 20.1 Å². The summed E-state index contributed by atoms with van der Waals surface area (Å²) in [5.41, 5.74) is 1.58. The van der Waals surface area contributed by atoms with E-state index in [0.29, 0.717) is 6.42 Å². The van der Waals surface area contributed by atoms with Crippen molar-refractivity contribution in [2.75, 3.05) is 0 Å². The molecule has 5 heteroatoms. The quantitative estimate of drug-likeness (QED) is 0.528. The lowest BCUT2D eigenvalue weighted by Crippen LogP contribution is -2.43. The van der Waals surface area contributed by atoms with Crippen LogP contribution in [0.3, 0.4) is 0 Å². The van der Waals surface area contributed by atoms with Crippen LogP contribution in [0.1, 0.15) is 24.1 Å². The van der Waals surface area contributed by atoms with Gasteiger partial charge in [0.1, 0.15) is 6.04 Å².